The van der Waals surface area contributed by atoms with Crippen molar-refractivity contribution < 1.29 is 0 Å². The van der Waals surface area contributed by atoms with Crippen molar-refractivity contribution in [1.82, 2.24) is 9.97 Å². The molecule has 0 aromatic carbocycles. The van der Waals surface area contributed by atoms with Crippen LogP contribution >= 0.6 is 0 Å². The molecule has 1 aromatic rings. The zero-order valence-corrected chi connectivity index (χ0v) is 7.92. The molecule has 3 heteroatoms. The summed E-state index contributed by atoms with van der Waals surface area (Å²) in [5, 5.41) is 0. The van der Waals surface area contributed by atoms with Gasteiger partial charge in [-0.3, -0.25) is 0 Å². The van der Waals surface area contributed by atoms with Gasteiger partial charge in [-0.05, 0) is 25.8 Å². The van der Waals surface area contributed by atoms with E-state index in [0.717, 1.165) is 31.1 Å². The number of aryl methyl sites for hydroxylation is 1. The first-order valence-corrected chi connectivity index (χ1v) is 5.14. The number of hydrogen-bond acceptors (Lipinski definition) is 2. The molecule has 0 saturated heterocycles. The van der Waals surface area contributed by atoms with Gasteiger partial charge in [0.2, 0.25) is 0 Å². The summed E-state index contributed by atoms with van der Waals surface area (Å²) in [4.78, 5) is 7.73. The monoisotopic (exact) mass is 179 g/mol. The van der Waals surface area contributed by atoms with E-state index in [4.69, 9.17) is 5.73 Å². The van der Waals surface area contributed by atoms with Crippen LogP contribution < -0.4 is 5.73 Å². The van der Waals surface area contributed by atoms with E-state index in [-0.39, 0.29) is 0 Å². The van der Waals surface area contributed by atoms with Crippen molar-refractivity contribution in [3.05, 3.63) is 17.7 Å². The van der Waals surface area contributed by atoms with Gasteiger partial charge in [0.25, 0.3) is 0 Å². The van der Waals surface area contributed by atoms with E-state index in [9.17, 15) is 0 Å². The highest BCUT2D eigenvalue weighted by atomic mass is 14.9. The fourth-order valence-electron chi connectivity index (χ4n) is 1.70. The highest BCUT2D eigenvalue weighted by Gasteiger charge is 2.20. The van der Waals surface area contributed by atoms with Crippen LogP contribution in [0, 0.1) is 0 Å². The van der Waals surface area contributed by atoms with Crippen LogP contribution in [0.1, 0.15) is 43.1 Å². The maximum atomic E-state index is 5.44. The molecule has 13 heavy (non-hydrogen) atoms. The first-order chi connectivity index (χ1) is 6.40. The van der Waals surface area contributed by atoms with Gasteiger partial charge in [0.1, 0.15) is 5.82 Å². The summed E-state index contributed by atoms with van der Waals surface area (Å²) in [5.74, 6) is 1.87. The number of aromatic amines is 1. The summed E-state index contributed by atoms with van der Waals surface area (Å²) in [6.07, 6.45) is 8.05. The molecule has 2 rings (SSSR count). The van der Waals surface area contributed by atoms with Gasteiger partial charge in [-0.15, -0.1) is 0 Å². The first-order valence-electron chi connectivity index (χ1n) is 5.14. The fourth-order valence-corrected chi connectivity index (χ4v) is 1.70. The fraction of sp³-hybridized carbons (Fsp3) is 0.700. The van der Waals surface area contributed by atoms with Gasteiger partial charge in [0.05, 0.1) is 0 Å². The predicted molar refractivity (Wildman–Crippen MR) is 52.6 cm³/mol. The van der Waals surface area contributed by atoms with Gasteiger partial charge in [-0.25, -0.2) is 4.98 Å². The Hall–Kier alpha value is -0.830. The number of nitrogens with one attached hydrogen (secondary N) is 1. The molecule has 72 valence electrons. The van der Waals surface area contributed by atoms with Gasteiger partial charge in [0.15, 0.2) is 0 Å². The normalized spacial score (nSPS) is 17.3. The SMILES string of the molecule is NCCCc1ncc(C2CCC2)[nH]1. The summed E-state index contributed by atoms with van der Waals surface area (Å²) >= 11 is 0. The van der Waals surface area contributed by atoms with Crippen molar-refractivity contribution in [2.45, 2.75) is 38.0 Å². The smallest absolute Gasteiger partial charge is 0.106 e. The third kappa shape index (κ3) is 1.91. The molecule has 0 aliphatic heterocycles. The molecular formula is C10H17N3. The lowest BCUT2D eigenvalue weighted by Gasteiger charge is -2.23. The Kier molecular flexibility index (Phi) is 2.64. The highest BCUT2D eigenvalue weighted by Crippen LogP contribution is 2.35. The molecule has 0 bridgehead atoms. The minimum atomic E-state index is 0.749. The molecule has 1 saturated carbocycles. The van der Waals surface area contributed by atoms with Crippen LogP contribution in [0.25, 0.3) is 0 Å². The van der Waals surface area contributed by atoms with E-state index in [1.807, 2.05) is 6.20 Å². The second kappa shape index (κ2) is 3.92. The first kappa shape index (κ1) is 8.75. The average molecular weight is 179 g/mol. The maximum Gasteiger partial charge on any atom is 0.106 e. The molecular weight excluding hydrogens is 162 g/mol. The number of hydrogen-bond donors (Lipinski definition) is 2. The molecule has 3 nitrogen and oxygen atoms in total. The van der Waals surface area contributed by atoms with Gasteiger partial charge >= 0.3 is 0 Å². The summed E-state index contributed by atoms with van der Waals surface area (Å²) in [6, 6.07) is 0. The van der Waals surface area contributed by atoms with Gasteiger partial charge in [-0.2, -0.15) is 0 Å². The Bertz CT molecular complexity index is 263. The number of rotatable bonds is 4. The number of nitrogens with zero attached hydrogens (tertiary/aromatic N) is 1. The molecule has 1 aliphatic carbocycles. The molecule has 0 spiro atoms. The van der Waals surface area contributed by atoms with Gasteiger partial charge in [-0.1, -0.05) is 6.42 Å². The van der Waals surface area contributed by atoms with Crippen molar-refractivity contribution in [2.75, 3.05) is 6.54 Å². The topological polar surface area (TPSA) is 54.7 Å². The van der Waals surface area contributed by atoms with Crippen LogP contribution in [0.4, 0.5) is 0 Å². The average Bonchev–Trinajstić information content (AvgIpc) is 2.46. The van der Waals surface area contributed by atoms with E-state index in [1.54, 1.807) is 0 Å². The summed E-state index contributed by atoms with van der Waals surface area (Å²) in [6.45, 7) is 0.749. The quantitative estimate of drug-likeness (QED) is 0.737. The molecule has 3 N–H and O–H groups in total. The highest BCUT2D eigenvalue weighted by molar-refractivity contribution is 5.10. The molecule has 0 unspecified atom stereocenters. The van der Waals surface area contributed by atoms with E-state index in [2.05, 4.69) is 9.97 Å². The standard InChI is InChI=1S/C10H17N3/c11-6-2-5-10-12-7-9(13-10)8-3-1-4-8/h7-8H,1-6,11H2,(H,12,13). The van der Waals surface area contributed by atoms with Crippen molar-refractivity contribution in [3.63, 3.8) is 0 Å². The minimum Gasteiger partial charge on any atom is -0.346 e. The molecule has 0 radical (unpaired) electrons. The summed E-state index contributed by atoms with van der Waals surface area (Å²) in [7, 11) is 0. The largest absolute Gasteiger partial charge is 0.346 e. The van der Waals surface area contributed by atoms with E-state index in [1.165, 1.54) is 25.0 Å². The van der Waals surface area contributed by atoms with E-state index in [0.29, 0.717) is 0 Å². The van der Waals surface area contributed by atoms with E-state index >= 15 is 0 Å². The third-order valence-corrected chi connectivity index (χ3v) is 2.81. The molecule has 1 aromatic heterocycles. The third-order valence-electron chi connectivity index (χ3n) is 2.81. The van der Waals surface area contributed by atoms with Crippen LogP contribution in [0.15, 0.2) is 6.20 Å². The van der Waals surface area contributed by atoms with Crippen LogP contribution in [0.2, 0.25) is 0 Å². The lowest BCUT2D eigenvalue weighted by Crippen LogP contribution is -2.09. The molecule has 0 atom stereocenters. The van der Waals surface area contributed by atoms with Crippen LogP contribution in [-0.2, 0) is 6.42 Å². The molecule has 1 heterocycles. The van der Waals surface area contributed by atoms with Crippen molar-refractivity contribution >= 4 is 0 Å². The Labute approximate surface area is 78.7 Å². The van der Waals surface area contributed by atoms with Crippen LogP contribution in [0.3, 0.4) is 0 Å². The van der Waals surface area contributed by atoms with Gasteiger partial charge < -0.3 is 10.7 Å². The maximum absolute atomic E-state index is 5.44. The van der Waals surface area contributed by atoms with Crippen LogP contribution in [0.5, 0.6) is 0 Å². The summed E-state index contributed by atoms with van der Waals surface area (Å²) in [5.41, 5.74) is 6.77. The lowest BCUT2D eigenvalue weighted by atomic mass is 9.83. The number of imidazole rings is 1. The predicted octanol–water partition coefficient (Wildman–Crippen LogP) is 1.57. The summed E-state index contributed by atoms with van der Waals surface area (Å²) < 4.78 is 0. The molecule has 0 amide bonds. The Morgan fingerprint density at radius 1 is 1.54 bits per heavy atom. The van der Waals surface area contributed by atoms with Crippen molar-refractivity contribution in [2.24, 2.45) is 5.73 Å². The Balaban J connectivity index is 1.92. The van der Waals surface area contributed by atoms with Crippen LogP contribution in [-0.4, -0.2) is 16.5 Å². The Morgan fingerprint density at radius 3 is 3.00 bits per heavy atom. The van der Waals surface area contributed by atoms with E-state index < -0.39 is 0 Å². The Morgan fingerprint density at radius 2 is 2.38 bits per heavy atom. The lowest BCUT2D eigenvalue weighted by molar-refractivity contribution is 0.412. The second-order valence-corrected chi connectivity index (χ2v) is 3.81. The van der Waals surface area contributed by atoms with Gasteiger partial charge in [0, 0.05) is 24.2 Å². The van der Waals surface area contributed by atoms with Crippen molar-refractivity contribution in [3.8, 4) is 0 Å². The van der Waals surface area contributed by atoms with Crippen molar-refractivity contribution in [1.29, 1.82) is 0 Å². The molecule has 1 fully saturated rings. The minimum absolute atomic E-state index is 0.749. The zero-order valence-electron chi connectivity index (χ0n) is 7.92. The number of H-pyrrole nitrogens is 1. The zero-order chi connectivity index (χ0) is 9.10. The number of nitrogens with two attached hydrogens (primary N) is 1. The second-order valence-electron chi connectivity index (χ2n) is 3.81. The molecule has 1 aliphatic rings. The number of aromatic nitrogens is 2.